The lowest BCUT2D eigenvalue weighted by Crippen LogP contribution is -2.31. The first-order valence-electron chi connectivity index (χ1n) is 5.45. The summed E-state index contributed by atoms with van der Waals surface area (Å²) in [4.78, 5) is 2.22. The Labute approximate surface area is 86.6 Å². The van der Waals surface area contributed by atoms with Crippen molar-refractivity contribution in [2.24, 2.45) is 5.92 Å². The second-order valence-corrected chi connectivity index (χ2v) is 4.29. The predicted molar refractivity (Wildman–Crippen MR) is 55.9 cm³/mol. The van der Waals surface area contributed by atoms with Crippen LogP contribution in [0.5, 0.6) is 0 Å². The number of hydrogen-bond donors (Lipinski definition) is 0. The molecule has 0 N–H and O–H groups in total. The van der Waals surface area contributed by atoms with Crippen LogP contribution in [0.3, 0.4) is 0 Å². The van der Waals surface area contributed by atoms with Gasteiger partial charge in [0.2, 0.25) is 0 Å². The second-order valence-electron chi connectivity index (χ2n) is 4.29. The van der Waals surface area contributed by atoms with Gasteiger partial charge in [-0.2, -0.15) is 5.26 Å². The zero-order valence-corrected chi connectivity index (χ0v) is 9.20. The summed E-state index contributed by atoms with van der Waals surface area (Å²) in [7, 11) is 0. The summed E-state index contributed by atoms with van der Waals surface area (Å²) in [5, 5.41) is 8.85. The van der Waals surface area contributed by atoms with Gasteiger partial charge >= 0.3 is 0 Å². The van der Waals surface area contributed by atoms with Crippen molar-refractivity contribution in [1.29, 1.82) is 5.26 Å². The zero-order valence-electron chi connectivity index (χ0n) is 9.20. The van der Waals surface area contributed by atoms with Crippen molar-refractivity contribution < 1.29 is 4.74 Å². The third-order valence-corrected chi connectivity index (χ3v) is 2.49. The molecule has 0 saturated carbocycles. The highest BCUT2D eigenvalue weighted by Crippen LogP contribution is 2.15. The number of nitrogens with zero attached hydrogens (tertiary/aromatic N) is 2. The van der Waals surface area contributed by atoms with Crippen molar-refractivity contribution in [3.63, 3.8) is 0 Å². The van der Waals surface area contributed by atoms with Gasteiger partial charge < -0.3 is 4.74 Å². The molecular weight excluding hydrogens is 176 g/mol. The average Bonchev–Trinajstić information content (AvgIpc) is 2.59. The third-order valence-electron chi connectivity index (χ3n) is 2.49. The molecule has 1 aliphatic heterocycles. The molecule has 0 spiro atoms. The van der Waals surface area contributed by atoms with E-state index in [4.69, 9.17) is 10.00 Å². The van der Waals surface area contributed by atoms with Gasteiger partial charge in [-0.1, -0.05) is 13.8 Å². The van der Waals surface area contributed by atoms with E-state index in [0.717, 1.165) is 39.1 Å². The van der Waals surface area contributed by atoms with Crippen LogP contribution in [0.15, 0.2) is 0 Å². The zero-order chi connectivity index (χ0) is 10.4. The van der Waals surface area contributed by atoms with Gasteiger partial charge in [0.05, 0.1) is 18.7 Å². The first-order valence-corrected chi connectivity index (χ1v) is 5.45. The topological polar surface area (TPSA) is 36.3 Å². The minimum atomic E-state index is 0.137. The Kier molecular flexibility index (Phi) is 4.92. The molecule has 1 aliphatic rings. The van der Waals surface area contributed by atoms with Crippen LogP contribution in [0.4, 0.5) is 0 Å². The van der Waals surface area contributed by atoms with Crippen molar-refractivity contribution in [1.82, 2.24) is 4.90 Å². The first-order chi connectivity index (χ1) is 6.74. The molecule has 1 atom stereocenters. The van der Waals surface area contributed by atoms with E-state index in [2.05, 4.69) is 24.8 Å². The molecule has 80 valence electrons. The SMILES string of the molecule is CC(C)COCCN1CCCC1C#N. The molecule has 0 amide bonds. The van der Waals surface area contributed by atoms with Crippen LogP contribution < -0.4 is 0 Å². The van der Waals surface area contributed by atoms with Crippen LogP contribution in [0, 0.1) is 17.2 Å². The number of hydrogen-bond acceptors (Lipinski definition) is 3. The Morgan fingerprint density at radius 3 is 3.00 bits per heavy atom. The van der Waals surface area contributed by atoms with E-state index < -0.39 is 0 Å². The average molecular weight is 196 g/mol. The van der Waals surface area contributed by atoms with E-state index in [1.54, 1.807) is 0 Å². The Balaban J connectivity index is 2.09. The summed E-state index contributed by atoms with van der Waals surface area (Å²) in [5.74, 6) is 0.598. The van der Waals surface area contributed by atoms with Crippen LogP contribution in [0.2, 0.25) is 0 Å². The third kappa shape index (κ3) is 3.65. The molecule has 1 unspecified atom stereocenters. The Hall–Kier alpha value is -0.590. The number of nitriles is 1. The molecule has 1 saturated heterocycles. The lowest BCUT2D eigenvalue weighted by molar-refractivity contribution is 0.0868. The van der Waals surface area contributed by atoms with Gasteiger partial charge in [-0.3, -0.25) is 4.90 Å². The molecule has 0 aromatic rings. The van der Waals surface area contributed by atoms with Crippen LogP contribution in [0.25, 0.3) is 0 Å². The van der Waals surface area contributed by atoms with Crippen molar-refractivity contribution in [3.8, 4) is 6.07 Å². The summed E-state index contributed by atoms with van der Waals surface area (Å²) in [6.07, 6.45) is 2.18. The summed E-state index contributed by atoms with van der Waals surface area (Å²) in [6.45, 7) is 7.84. The maximum Gasteiger partial charge on any atom is 0.0979 e. The summed E-state index contributed by atoms with van der Waals surface area (Å²) in [6, 6.07) is 2.47. The quantitative estimate of drug-likeness (QED) is 0.627. The smallest absolute Gasteiger partial charge is 0.0979 e. The van der Waals surface area contributed by atoms with E-state index in [9.17, 15) is 0 Å². The minimum Gasteiger partial charge on any atom is -0.380 e. The highest BCUT2D eigenvalue weighted by Gasteiger charge is 2.23. The largest absolute Gasteiger partial charge is 0.380 e. The number of likely N-dealkylation sites (tertiary alicyclic amines) is 1. The molecule has 0 aromatic heterocycles. The maximum absolute atomic E-state index is 8.85. The molecule has 14 heavy (non-hydrogen) atoms. The van der Waals surface area contributed by atoms with E-state index in [1.807, 2.05) is 0 Å². The van der Waals surface area contributed by atoms with Gasteiger partial charge in [0.15, 0.2) is 0 Å². The van der Waals surface area contributed by atoms with Crippen molar-refractivity contribution in [2.75, 3.05) is 26.3 Å². The van der Waals surface area contributed by atoms with Crippen molar-refractivity contribution in [2.45, 2.75) is 32.7 Å². The van der Waals surface area contributed by atoms with Gasteiger partial charge in [-0.05, 0) is 25.3 Å². The minimum absolute atomic E-state index is 0.137. The van der Waals surface area contributed by atoms with Crippen LogP contribution >= 0.6 is 0 Å². The van der Waals surface area contributed by atoms with Gasteiger partial charge in [-0.25, -0.2) is 0 Å². The van der Waals surface area contributed by atoms with E-state index in [1.165, 1.54) is 0 Å². The Morgan fingerprint density at radius 2 is 2.36 bits per heavy atom. The fourth-order valence-electron chi connectivity index (χ4n) is 1.74. The molecule has 0 bridgehead atoms. The highest BCUT2D eigenvalue weighted by atomic mass is 16.5. The van der Waals surface area contributed by atoms with Crippen LogP contribution in [-0.4, -0.2) is 37.2 Å². The second kappa shape index (κ2) is 6.00. The molecule has 1 heterocycles. The van der Waals surface area contributed by atoms with E-state index >= 15 is 0 Å². The predicted octanol–water partition coefficient (Wildman–Crippen LogP) is 1.65. The molecule has 3 nitrogen and oxygen atoms in total. The fraction of sp³-hybridized carbons (Fsp3) is 0.909. The number of rotatable bonds is 5. The van der Waals surface area contributed by atoms with Gasteiger partial charge in [0.25, 0.3) is 0 Å². The van der Waals surface area contributed by atoms with E-state index in [-0.39, 0.29) is 6.04 Å². The van der Waals surface area contributed by atoms with Gasteiger partial charge in [-0.15, -0.1) is 0 Å². The van der Waals surface area contributed by atoms with Crippen LogP contribution in [0.1, 0.15) is 26.7 Å². The van der Waals surface area contributed by atoms with Crippen LogP contribution in [-0.2, 0) is 4.74 Å². The Bertz CT molecular complexity index is 198. The molecule has 1 rings (SSSR count). The standard InChI is InChI=1S/C11H20N2O/c1-10(2)9-14-7-6-13-5-3-4-11(13)8-12/h10-11H,3-7,9H2,1-2H3. The monoisotopic (exact) mass is 196 g/mol. The van der Waals surface area contributed by atoms with Crippen molar-refractivity contribution in [3.05, 3.63) is 0 Å². The molecule has 1 fully saturated rings. The molecule has 3 heteroatoms. The summed E-state index contributed by atoms with van der Waals surface area (Å²) < 4.78 is 5.50. The summed E-state index contributed by atoms with van der Waals surface area (Å²) in [5.41, 5.74) is 0. The Morgan fingerprint density at radius 1 is 1.57 bits per heavy atom. The lowest BCUT2D eigenvalue weighted by atomic mass is 10.2. The molecule has 0 radical (unpaired) electrons. The van der Waals surface area contributed by atoms with E-state index in [0.29, 0.717) is 5.92 Å². The molecular formula is C11H20N2O. The normalized spacial score (nSPS) is 22.9. The number of ether oxygens (including phenoxy) is 1. The first kappa shape index (κ1) is 11.5. The van der Waals surface area contributed by atoms with Gasteiger partial charge in [0.1, 0.15) is 0 Å². The van der Waals surface area contributed by atoms with Gasteiger partial charge in [0, 0.05) is 13.2 Å². The molecule has 0 aromatic carbocycles. The fourth-order valence-corrected chi connectivity index (χ4v) is 1.74. The molecule has 0 aliphatic carbocycles. The van der Waals surface area contributed by atoms with Crippen molar-refractivity contribution >= 4 is 0 Å². The summed E-state index contributed by atoms with van der Waals surface area (Å²) >= 11 is 0. The maximum atomic E-state index is 8.85. The highest BCUT2D eigenvalue weighted by molar-refractivity contribution is 4.95. The lowest BCUT2D eigenvalue weighted by Gasteiger charge is -2.18.